The Labute approximate surface area is 217 Å². The zero-order valence-electron chi connectivity index (χ0n) is 19.9. The Morgan fingerprint density at radius 2 is 1.45 bits per heavy atom. The van der Waals surface area contributed by atoms with Gasteiger partial charge in [-0.3, -0.25) is 0 Å². The number of aromatic nitrogens is 1. The van der Waals surface area contributed by atoms with E-state index < -0.39 is 0 Å². The first-order chi connectivity index (χ1) is 18.7. The summed E-state index contributed by atoms with van der Waals surface area (Å²) >= 11 is 0. The lowest BCUT2D eigenvalue weighted by molar-refractivity contribution is 0.670. The van der Waals surface area contributed by atoms with Crippen molar-refractivity contribution in [2.24, 2.45) is 0 Å². The number of hydrogen-bond donors (Lipinski definition) is 0. The molecule has 0 aliphatic carbocycles. The van der Waals surface area contributed by atoms with Gasteiger partial charge < -0.3 is 8.98 Å². The fraction of sp³-hybridized carbons (Fsp3) is 0. The predicted molar refractivity (Wildman–Crippen MR) is 151 cm³/mol. The topological polar surface area (TPSA) is 50.6 Å². The van der Waals surface area contributed by atoms with Crippen LogP contribution in [0.2, 0.25) is 0 Å². The number of furan rings is 1. The number of hydrogen-bond acceptors (Lipinski definition) is 2. The average molecular weight is 485 g/mol. The van der Waals surface area contributed by atoms with Gasteiger partial charge in [0.25, 0.3) is 0 Å². The molecule has 38 heavy (non-hydrogen) atoms. The third kappa shape index (κ3) is 3.09. The highest BCUT2D eigenvalue weighted by Crippen LogP contribution is 2.40. The van der Waals surface area contributed by atoms with Crippen LogP contribution < -0.4 is 0 Å². The lowest BCUT2D eigenvalue weighted by atomic mass is 10.0. The van der Waals surface area contributed by atoms with Gasteiger partial charge in [-0.25, -0.2) is 9.69 Å². The van der Waals surface area contributed by atoms with Crippen LogP contribution in [0.4, 0.5) is 11.4 Å². The van der Waals surface area contributed by atoms with Crippen molar-refractivity contribution < 1.29 is 4.42 Å². The molecular weight excluding hydrogens is 468 g/mol. The Morgan fingerprint density at radius 3 is 2.26 bits per heavy atom. The minimum Gasteiger partial charge on any atom is -0.455 e. The predicted octanol–water partition coefficient (Wildman–Crippen LogP) is 9.32. The molecule has 5 nitrogen and oxygen atoms in total. The largest absolute Gasteiger partial charge is 0.455 e. The number of fused-ring (bicyclic) bond motifs is 6. The molecule has 7 rings (SSSR count). The Kier molecular flexibility index (Phi) is 4.57. The molecule has 0 atom stereocenters. The van der Waals surface area contributed by atoms with E-state index in [-0.39, 0.29) is 0 Å². The van der Waals surface area contributed by atoms with E-state index in [2.05, 4.69) is 38.5 Å². The number of para-hydroxylation sites is 2. The second-order valence-electron chi connectivity index (χ2n) is 9.12. The molecule has 2 heterocycles. The number of nitriles is 1. The van der Waals surface area contributed by atoms with E-state index in [1.807, 2.05) is 66.7 Å². The summed E-state index contributed by atoms with van der Waals surface area (Å²) in [7, 11) is 0. The zero-order valence-corrected chi connectivity index (χ0v) is 19.9. The van der Waals surface area contributed by atoms with Gasteiger partial charge in [-0.1, -0.05) is 42.5 Å². The highest BCUT2D eigenvalue weighted by molar-refractivity contribution is 6.12. The SMILES string of the molecule is [C-]#[N+]c1cc(-c2cccc3c2oc2ccccc23)cc(-n2c3ccc(C#N)cc3c3cc([N+]#[C-])ccc32)c1. The Hall–Kier alpha value is -5.83. The molecule has 5 heteroatoms. The molecule has 0 aliphatic rings. The summed E-state index contributed by atoms with van der Waals surface area (Å²) in [6, 6.07) is 33.3. The van der Waals surface area contributed by atoms with Crippen molar-refractivity contribution in [2.45, 2.75) is 0 Å². The zero-order chi connectivity index (χ0) is 25.8. The molecule has 0 fully saturated rings. The van der Waals surface area contributed by atoms with E-state index in [9.17, 15) is 5.26 Å². The van der Waals surface area contributed by atoms with E-state index in [4.69, 9.17) is 17.6 Å². The lowest BCUT2D eigenvalue weighted by Crippen LogP contribution is -1.94. The van der Waals surface area contributed by atoms with Crippen LogP contribution in [-0.2, 0) is 0 Å². The van der Waals surface area contributed by atoms with Gasteiger partial charge in [0.2, 0.25) is 0 Å². The molecule has 0 radical (unpaired) electrons. The number of nitrogens with zero attached hydrogens (tertiary/aromatic N) is 4. The molecule has 7 aromatic rings. The second-order valence-corrected chi connectivity index (χ2v) is 9.12. The standard InChI is InChI=1S/C33H16N4O/c1-35-22-11-13-31-29(18-22)28-14-20(19-34)10-12-30(28)37(31)24-16-21(15-23(17-24)36-2)25-7-5-8-27-26-6-3-4-9-32(26)38-33(25)27/h3-18H. The van der Waals surface area contributed by atoms with Gasteiger partial charge in [-0.2, -0.15) is 5.26 Å². The van der Waals surface area contributed by atoms with E-state index in [0.29, 0.717) is 16.9 Å². The highest BCUT2D eigenvalue weighted by Gasteiger charge is 2.17. The summed E-state index contributed by atoms with van der Waals surface area (Å²) in [5.41, 5.74) is 7.60. The van der Waals surface area contributed by atoms with E-state index in [0.717, 1.165) is 60.6 Å². The van der Waals surface area contributed by atoms with Crippen molar-refractivity contribution in [3.63, 3.8) is 0 Å². The maximum absolute atomic E-state index is 9.52. The van der Waals surface area contributed by atoms with Crippen LogP contribution in [-0.4, -0.2) is 4.57 Å². The quantitative estimate of drug-likeness (QED) is 0.230. The number of benzene rings is 5. The Bertz CT molecular complexity index is 2160. The molecule has 0 unspecified atom stereocenters. The Balaban J connectivity index is 1.55. The normalized spacial score (nSPS) is 11.1. The third-order valence-electron chi connectivity index (χ3n) is 7.01. The van der Waals surface area contributed by atoms with Crippen molar-refractivity contribution in [3.05, 3.63) is 125 Å². The highest BCUT2D eigenvalue weighted by atomic mass is 16.3. The minimum absolute atomic E-state index is 0.507. The first-order valence-electron chi connectivity index (χ1n) is 12.0. The van der Waals surface area contributed by atoms with Gasteiger partial charge in [0.15, 0.2) is 11.4 Å². The molecule has 0 saturated heterocycles. The number of rotatable bonds is 2. The van der Waals surface area contributed by atoms with Gasteiger partial charge in [0.05, 0.1) is 35.8 Å². The maximum Gasteiger partial charge on any atom is 0.189 e. The van der Waals surface area contributed by atoms with Crippen LogP contribution in [0.5, 0.6) is 0 Å². The van der Waals surface area contributed by atoms with Crippen molar-refractivity contribution in [2.75, 3.05) is 0 Å². The van der Waals surface area contributed by atoms with Crippen molar-refractivity contribution in [3.8, 4) is 22.9 Å². The van der Waals surface area contributed by atoms with Gasteiger partial charge in [0.1, 0.15) is 11.2 Å². The van der Waals surface area contributed by atoms with Crippen LogP contribution in [0.3, 0.4) is 0 Å². The van der Waals surface area contributed by atoms with Gasteiger partial charge in [0, 0.05) is 27.4 Å². The molecule has 174 valence electrons. The fourth-order valence-corrected chi connectivity index (χ4v) is 5.35. The molecule has 0 amide bonds. The first-order valence-corrected chi connectivity index (χ1v) is 12.0. The monoisotopic (exact) mass is 484 g/mol. The molecular formula is C33H16N4O. The maximum atomic E-state index is 9.52. The molecule has 0 aliphatic heterocycles. The van der Waals surface area contributed by atoms with Gasteiger partial charge >= 0.3 is 0 Å². The van der Waals surface area contributed by atoms with Crippen LogP contribution in [0, 0.1) is 24.5 Å². The van der Waals surface area contributed by atoms with Crippen molar-refractivity contribution in [1.29, 1.82) is 5.26 Å². The summed E-state index contributed by atoms with van der Waals surface area (Å²) < 4.78 is 8.38. The third-order valence-corrected chi connectivity index (χ3v) is 7.01. The smallest absolute Gasteiger partial charge is 0.189 e. The lowest BCUT2D eigenvalue weighted by Gasteiger charge is -2.12. The van der Waals surface area contributed by atoms with Gasteiger partial charge in [-0.15, -0.1) is 0 Å². The summed E-state index contributed by atoms with van der Waals surface area (Å²) in [6.07, 6.45) is 0. The van der Waals surface area contributed by atoms with Crippen molar-refractivity contribution in [1.82, 2.24) is 4.57 Å². The Morgan fingerprint density at radius 1 is 0.684 bits per heavy atom. The minimum atomic E-state index is 0.507. The molecule has 2 aromatic heterocycles. The van der Waals surface area contributed by atoms with Crippen LogP contribution in [0.25, 0.3) is 70.2 Å². The molecule has 0 bridgehead atoms. The summed E-state index contributed by atoms with van der Waals surface area (Å²) in [4.78, 5) is 7.39. The molecule has 5 aromatic carbocycles. The molecule has 0 N–H and O–H groups in total. The van der Waals surface area contributed by atoms with E-state index in [1.165, 1.54) is 0 Å². The van der Waals surface area contributed by atoms with Crippen LogP contribution in [0.15, 0.2) is 101 Å². The van der Waals surface area contributed by atoms with Gasteiger partial charge in [-0.05, 0) is 65.5 Å². The summed E-state index contributed by atoms with van der Waals surface area (Å²) in [6.45, 7) is 15.3. The molecule has 0 spiro atoms. The second kappa shape index (κ2) is 8.10. The first kappa shape index (κ1) is 21.5. The van der Waals surface area contributed by atoms with E-state index >= 15 is 0 Å². The van der Waals surface area contributed by atoms with Crippen LogP contribution >= 0.6 is 0 Å². The molecule has 0 saturated carbocycles. The summed E-state index contributed by atoms with van der Waals surface area (Å²) in [5.74, 6) is 0. The van der Waals surface area contributed by atoms with E-state index in [1.54, 1.807) is 12.1 Å². The van der Waals surface area contributed by atoms with Crippen molar-refractivity contribution >= 4 is 55.1 Å². The fourth-order valence-electron chi connectivity index (χ4n) is 5.35. The summed E-state index contributed by atoms with van der Waals surface area (Å²) in [5, 5.41) is 13.4. The van der Waals surface area contributed by atoms with Crippen LogP contribution in [0.1, 0.15) is 5.56 Å². The average Bonchev–Trinajstić information content (AvgIpc) is 3.51.